The molecule has 1 heterocycles. The molecule has 0 unspecified atom stereocenters. The molecular formula is C29H27NO5S2. The van der Waals surface area contributed by atoms with Gasteiger partial charge in [-0.2, -0.15) is 0 Å². The lowest BCUT2D eigenvalue weighted by Crippen LogP contribution is -2.27. The lowest BCUT2D eigenvalue weighted by molar-refractivity contribution is -0.113. The Kier molecular flexibility index (Phi) is 8.00. The summed E-state index contributed by atoms with van der Waals surface area (Å²) >= 11 is 6.59. The molecule has 1 saturated heterocycles. The van der Waals surface area contributed by atoms with E-state index in [1.54, 1.807) is 18.2 Å². The van der Waals surface area contributed by atoms with Crippen LogP contribution in [-0.2, 0) is 10.2 Å². The average molecular weight is 534 g/mol. The number of thioether (sulfide) groups is 1. The van der Waals surface area contributed by atoms with Gasteiger partial charge < -0.3 is 14.6 Å². The highest BCUT2D eigenvalue weighted by atomic mass is 32.2. The molecule has 0 spiro atoms. The lowest BCUT2D eigenvalue weighted by Gasteiger charge is -2.19. The van der Waals surface area contributed by atoms with Crippen molar-refractivity contribution in [1.82, 2.24) is 0 Å². The maximum atomic E-state index is 13.2. The molecule has 1 N–H and O–H groups in total. The van der Waals surface area contributed by atoms with Crippen molar-refractivity contribution in [3.05, 3.63) is 94.4 Å². The van der Waals surface area contributed by atoms with Crippen LogP contribution in [0.1, 0.15) is 42.3 Å². The van der Waals surface area contributed by atoms with Crippen LogP contribution in [0.15, 0.2) is 77.7 Å². The van der Waals surface area contributed by atoms with E-state index < -0.39 is 5.97 Å². The highest BCUT2D eigenvalue weighted by Crippen LogP contribution is 2.37. The molecule has 190 valence electrons. The van der Waals surface area contributed by atoms with E-state index in [1.165, 1.54) is 22.6 Å². The molecule has 3 aromatic carbocycles. The summed E-state index contributed by atoms with van der Waals surface area (Å²) in [4.78, 5) is 26.3. The second-order valence-electron chi connectivity index (χ2n) is 9.38. The Morgan fingerprint density at radius 2 is 1.70 bits per heavy atom. The maximum Gasteiger partial charge on any atom is 0.335 e. The van der Waals surface area contributed by atoms with Crippen molar-refractivity contribution >= 4 is 51.9 Å². The first kappa shape index (κ1) is 26.4. The smallest absolute Gasteiger partial charge is 0.335 e. The molecule has 1 fully saturated rings. The van der Waals surface area contributed by atoms with E-state index in [2.05, 4.69) is 32.9 Å². The number of aromatic carboxylic acids is 1. The molecule has 6 nitrogen and oxygen atoms in total. The Labute approximate surface area is 225 Å². The molecule has 8 heteroatoms. The Morgan fingerprint density at radius 1 is 1.00 bits per heavy atom. The van der Waals surface area contributed by atoms with Gasteiger partial charge in [0.15, 0.2) is 4.32 Å². The van der Waals surface area contributed by atoms with Gasteiger partial charge in [0.2, 0.25) is 0 Å². The van der Waals surface area contributed by atoms with E-state index >= 15 is 0 Å². The van der Waals surface area contributed by atoms with E-state index in [0.29, 0.717) is 33.9 Å². The summed E-state index contributed by atoms with van der Waals surface area (Å²) < 4.78 is 12.1. The van der Waals surface area contributed by atoms with E-state index in [4.69, 9.17) is 21.7 Å². The highest BCUT2D eigenvalue weighted by Gasteiger charge is 2.33. The molecule has 37 heavy (non-hydrogen) atoms. The van der Waals surface area contributed by atoms with Crippen molar-refractivity contribution in [1.29, 1.82) is 0 Å². The first-order chi connectivity index (χ1) is 17.6. The second kappa shape index (κ2) is 11.2. The third-order valence-electron chi connectivity index (χ3n) is 5.68. The van der Waals surface area contributed by atoms with Gasteiger partial charge in [0.05, 0.1) is 16.2 Å². The summed E-state index contributed by atoms with van der Waals surface area (Å²) in [7, 11) is 0. The van der Waals surface area contributed by atoms with Crippen molar-refractivity contribution < 1.29 is 24.2 Å². The molecule has 0 aliphatic carbocycles. The molecule has 0 saturated carbocycles. The number of thiocarbonyl (C=S) groups is 1. The fourth-order valence-electron chi connectivity index (χ4n) is 3.70. The summed E-state index contributed by atoms with van der Waals surface area (Å²) in [6, 6.07) is 21.6. The fourth-order valence-corrected chi connectivity index (χ4v) is 4.99. The molecular weight excluding hydrogens is 506 g/mol. The Morgan fingerprint density at radius 3 is 2.41 bits per heavy atom. The summed E-state index contributed by atoms with van der Waals surface area (Å²) in [6.07, 6.45) is 1.74. The monoisotopic (exact) mass is 533 g/mol. The van der Waals surface area contributed by atoms with Crippen molar-refractivity contribution in [2.75, 3.05) is 18.1 Å². The molecule has 0 aromatic heterocycles. The van der Waals surface area contributed by atoms with Crippen LogP contribution in [0.4, 0.5) is 5.69 Å². The topological polar surface area (TPSA) is 76.1 Å². The van der Waals surface area contributed by atoms with Gasteiger partial charge in [0.1, 0.15) is 24.7 Å². The van der Waals surface area contributed by atoms with Crippen LogP contribution in [0, 0.1) is 0 Å². The number of carboxylic acids is 1. The zero-order valence-electron chi connectivity index (χ0n) is 20.8. The minimum absolute atomic E-state index is 0.0849. The summed E-state index contributed by atoms with van der Waals surface area (Å²) in [5.74, 6) is 0.0158. The van der Waals surface area contributed by atoms with Gasteiger partial charge in [-0.25, -0.2) is 4.79 Å². The predicted molar refractivity (Wildman–Crippen MR) is 152 cm³/mol. The zero-order valence-corrected chi connectivity index (χ0v) is 22.4. The number of hydrogen-bond acceptors (Lipinski definition) is 6. The highest BCUT2D eigenvalue weighted by molar-refractivity contribution is 8.27. The predicted octanol–water partition coefficient (Wildman–Crippen LogP) is 6.55. The third-order valence-corrected chi connectivity index (χ3v) is 6.98. The van der Waals surface area contributed by atoms with Crippen molar-refractivity contribution in [3.63, 3.8) is 0 Å². The standard InChI is InChI=1S/C29H27NO5S2/c1-29(2,3)21-11-13-23(14-12-21)34-15-16-35-24-10-5-4-7-19(24)18-25-26(31)30(28(36)37-25)22-9-6-8-20(17-22)27(32)33/h4-14,17-18H,15-16H2,1-3H3,(H,32,33)/b25-18-. The zero-order chi connectivity index (χ0) is 26.6. The van der Waals surface area contributed by atoms with Crippen molar-refractivity contribution in [2.24, 2.45) is 0 Å². The van der Waals surface area contributed by atoms with Gasteiger partial charge in [-0.05, 0) is 53.5 Å². The van der Waals surface area contributed by atoms with Gasteiger partial charge in [-0.1, -0.05) is 81.1 Å². The van der Waals surface area contributed by atoms with E-state index in [9.17, 15) is 14.7 Å². The minimum Gasteiger partial charge on any atom is -0.490 e. The molecule has 1 aliphatic rings. The number of benzene rings is 3. The van der Waals surface area contributed by atoms with Crippen LogP contribution in [0.25, 0.3) is 6.08 Å². The number of rotatable bonds is 8. The van der Waals surface area contributed by atoms with Gasteiger partial charge in [0.25, 0.3) is 5.91 Å². The van der Waals surface area contributed by atoms with Crippen LogP contribution in [0.5, 0.6) is 11.5 Å². The molecule has 1 amide bonds. The van der Waals surface area contributed by atoms with Crippen LogP contribution in [0.3, 0.4) is 0 Å². The van der Waals surface area contributed by atoms with Crippen LogP contribution < -0.4 is 14.4 Å². The van der Waals surface area contributed by atoms with Gasteiger partial charge in [-0.3, -0.25) is 9.69 Å². The number of carbonyl (C=O) groups is 2. The fraction of sp³-hybridized carbons (Fsp3) is 0.207. The number of carboxylic acid groups (broad SMARTS) is 1. The maximum absolute atomic E-state index is 13.2. The van der Waals surface area contributed by atoms with E-state index in [-0.39, 0.29) is 16.9 Å². The summed E-state index contributed by atoms with van der Waals surface area (Å²) in [5, 5.41) is 9.28. The molecule has 0 bridgehead atoms. The quantitative estimate of drug-likeness (QED) is 0.200. The molecule has 0 atom stereocenters. The second-order valence-corrected chi connectivity index (χ2v) is 11.1. The molecule has 4 rings (SSSR count). The number of carbonyl (C=O) groups excluding carboxylic acids is 1. The summed E-state index contributed by atoms with van der Waals surface area (Å²) in [6.45, 7) is 7.20. The number of nitrogens with zero attached hydrogens (tertiary/aromatic N) is 1. The van der Waals surface area contributed by atoms with Crippen molar-refractivity contribution in [3.8, 4) is 11.5 Å². The van der Waals surface area contributed by atoms with E-state index in [1.807, 2.05) is 36.4 Å². The normalized spacial score (nSPS) is 14.8. The van der Waals surface area contributed by atoms with Crippen LogP contribution >= 0.6 is 24.0 Å². The number of ether oxygens (including phenoxy) is 2. The first-order valence-corrected chi connectivity index (χ1v) is 12.9. The van der Waals surface area contributed by atoms with Crippen molar-refractivity contribution in [2.45, 2.75) is 26.2 Å². The largest absolute Gasteiger partial charge is 0.490 e. The van der Waals surface area contributed by atoms with E-state index in [0.717, 1.165) is 23.1 Å². The number of para-hydroxylation sites is 1. The Balaban J connectivity index is 1.42. The van der Waals surface area contributed by atoms with Gasteiger partial charge >= 0.3 is 5.97 Å². The minimum atomic E-state index is -1.07. The molecule has 3 aromatic rings. The van der Waals surface area contributed by atoms with Gasteiger partial charge in [0, 0.05) is 5.56 Å². The first-order valence-electron chi connectivity index (χ1n) is 11.7. The number of anilines is 1. The molecule has 0 radical (unpaired) electrons. The third kappa shape index (κ3) is 6.39. The van der Waals surface area contributed by atoms with Crippen LogP contribution in [-0.4, -0.2) is 34.5 Å². The Hall–Kier alpha value is -3.62. The summed E-state index contributed by atoms with van der Waals surface area (Å²) in [5.41, 5.74) is 2.56. The average Bonchev–Trinajstić information content (AvgIpc) is 3.15. The number of amides is 1. The lowest BCUT2D eigenvalue weighted by atomic mass is 9.87. The number of hydrogen-bond donors (Lipinski definition) is 1. The molecule has 1 aliphatic heterocycles. The van der Waals surface area contributed by atoms with Crippen LogP contribution in [0.2, 0.25) is 0 Å². The Bertz CT molecular complexity index is 1360. The van der Waals surface area contributed by atoms with Gasteiger partial charge in [-0.15, -0.1) is 0 Å². The SMILES string of the molecule is CC(C)(C)c1ccc(OCCOc2ccccc2/C=C2\SC(=S)N(c3cccc(C(=O)O)c3)C2=O)cc1.